The maximum absolute atomic E-state index is 11.5. The molecule has 0 aliphatic carbocycles. The number of carbonyl (C=O) groups is 1. The Labute approximate surface area is 92.2 Å². The van der Waals surface area contributed by atoms with Gasteiger partial charge in [0, 0.05) is 0 Å². The molecule has 0 atom stereocenters. The zero-order valence-electron chi connectivity index (χ0n) is 8.04. The predicted octanol–water partition coefficient (Wildman–Crippen LogP) is 0.187. The summed E-state index contributed by atoms with van der Waals surface area (Å²) in [6.07, 6.45) is 0. The third kappa shape index (κ3) is 2.79. The molecule has 6 nitrogen and oxygen atoms in total. The largest absolute Gasteiger partial charge is 0.478 e. The highest BCUT2D eigenvalue weighted by atomic mass is 32.2. The Kier molecular flexibility index (Phi) is 3.60. The van der Waals surface area contributed by atoms with Crippen LogP contribution in [0.25, 0.3) is 0 Å². The van der Waals surface area contributed by atoms with Crippen molar-refractivity contribution in [1.29, 1.82) is 5.26 Å². The molecular weight excluding hydrogens is 232 g/mol. The lowest BCUT2D eigenvalue weighted by Crippen LogP contribution is -2.24. The molecule has 0 fully saturated rings. The van der Waals surface area contributed by atoms with Crippen molar-refractivity contribution in [2.45, 2.75) is 4.90 Å². The Balaban J connectivity index is 3.10. The summed E-state index contributed by atoms with van der Waals surface area (Å²) in [5, 5.41) is 16.9. The topological polar surface area (TPSA) is 107 Å². The lowest BCUT2D eigenvalue weighted by Gasteiger charge is -2.03. The van der Waals surface area contributed by atoms with E-state index in [0.29, 0.717) is 0 Å². The number of rotatable bonds is 4. The van der Waals surface area contributed by atoms with Crippen LogP contribution in [0.2, 0.25) is 0 Å². The van der Waals surface area contributed by atoms with Gasteiger partial charge in [0.2, 0.25) is 10.0 Å². The van der Waals surface area contributed by atoms with Gasteiger partial charge < -0.3 is 5.11 Å². The van der Waals surface area contributed by atoms with Crippen molar-refractivity contribution >= 4 is 16.0 Å². The first-order valence-electron chi connectivity index (χ1n) is 4.17. The van der Waals surface area contributed by atoms with Crippen LogP contribution >= 0.6 is 0 Å². The number of nitrogens with zero attached hydrogens (tertiary/aromatic N) is 1. The zero-order chi connectivity index (χ0) is 12.2. The van der Waals surface area contributed by atoms with Gasteiger partial charge in [-0.25, -0.2) is 13.2 Å². The minimum atomic E-state index is -3.81. The van der Waals surface area contributed by atoms with Crippen LogP contribution in [0, 0.1) is 11.3 Å². The normalized spacial score (nSPS) is 10.7. The molecule has 2 N–H and O–H groups in total. The Hall–Kier alpha value is -1.91. The van der Waals surface area contributed by atoms with E-state index in [1.54, 1.807) is 6.07 Å². The smallest absolute Gasteiger partial charge is 0.335 e. The summed E-state index contributed by atoms with van der Waals surface area (Å²) in [6, 6.07) is 6.52. The van der Waals surface area contributed by atoms with Gasteiger partial charge >= 0.3 is 5.97 Å². The molecule has 0 heterocycles. The molecule has 0 unspecified atom stereocenters. The van der Waals surface area contributed by atoms with Crippen LogP contribution < -0.4 is 4.72 Å². The lowest BCUT2D eigenvalue weighted by molar-refractivity contribution is 0.0696. The molecule has 0 aliphatic rings. The number of carboxylic acid groups (broad SMARTS) is 1. The lowest BCUT2D eigenvalue weighted by atomic mass is 10.2. The van der Waals surface area contributed by atoms with E-state index in [2.05, 4.69) is 0 Å². The van der Waals surface area contributed by atoms with Crippen molar-refractivity contribution in [2.75, 3.05) is 6.54 Å². The number of sulfonamides is 1. The summed E-state index contributed by atoms with van der Waals surface area (Å²) in [6.45, 7) is -0.361. The number of nitriles is 1. The van der Waals surface area contributed by atoms with Crippen LogP contribution in [0.1, 0.15) is 10.4 Å². The molecule has 0 saturated heterocycles. The summed E-state index contributed by atoms with van der Waals surface area (Å²) < 4.78 is 25.0. The van der Waals surface area contributed by atoms with Crippen molar-refractivity contribution in [1.82, 2.24) is 4.72 Å². The SMILES string of the molecule is N#CCNS(=O)(=O)c1cccc(C(=O)O)c1. The number of hydrogen-bond acceptors (Lipinski definition) is 4. The summed E-state index contributed by atoms with van der Waals surface area (Å²) >= 11 is 0. The van der Waals surface area contributed by atoms with Crippen molar-refractivity contribution < 1.29 is 18.3 Å². The van der Waals surface area contributed by atoms with Gasteiger partial charge in [0.25, 0.3) is 0 Å². The van der Waals surface area contributed by atoms with Gasteiger partial charge in [-0.3, -0.25) is 0 Å². The van der Waals surface area contributed by atoms with Gasteiger partial charge in [0.1, 0.15) is 0 Å². The van der Waals surface area contributed by atoms with Crippen LogP contribution in [0.5, 0.6) is 0 Å². The second-order valence-electron chi connectivity index (χ2n) is 2.82. The fourth-order valence-electron chi connectivity index (χ4n) is 1.01. The third-order valence-electron chi connectivity index (χ3n) is 1.73. The maximum Gasteiger partial charge on any atom is 0.335 e. The van der Waals surface area contributed by atoms with Gasteiger partial charge in [-0.15, -0.1) is 0 Å². The van der Waals surface area contributed by atoms with Gasteiger partial charge in [-0.1, -0.05) is 6.07 Å². The first-order valence-corrected chi connectivity index (χ1v) is 5.65. The van der Waals surface area contributed by atoms with Crippen LogP contribution in [-0.2, 0) is 10.0 Å². The van der Waals surface area contributed by atoms with E-state index >= 15 is 0 Å². The molecule has 0 amide bonds. The first-order chi connectivity index (χ1) is 7.47. The summed E-state index contributed by atoms with van der Waals surface area (Å²) in [5.41, 5.74) is -0.125. The highest BCUT2D eigenvalue weighted by Gasteiger charge is 2.15. The fraction of sp³-hybridized carbons (Fsp3) is 0.111. The van der Waals surface area contributed by atoms with Gasteiger partial charge in [-0.2, -0.15) is 9.98 Å². The van der Waals surface area contributed by atoms with Crippen LogP contribution in [0.3, 0.4) is 0 Å². The Morgan fingerprint density at radius 1 is 1.50 bits per heavy atom. The number of nitrogens with one attached hydrogen (secondary N) is 1. The second kappa shape index (κ2) is 4.74. The molecule has 0 bridgehead atoms. The average Bonchev–Trinajstić information content (AvgIpc) is 2.26. The van der Waals surface area contributed by atoms with E-state index in [9.17, 15) is 13.2 Å². The monoisotopic (exact) mass is 240 g/mol. The minimum absolute atomic E-state index is 0.125. The molecule has 7 heteroatoms. The fourth-order valence-corrected chi connectivity index (χ4v) is 1.97. The third-order valence-corrected chi connectivity index (χ3v) is 3.13. The number of carboxylic acids is 1. The van der Waals surface area contributed by atoms with Gasteiger partial charge in [-0.05, 0) is 18.2 Å². The second-order valence-corrected chi connectivity index (χ2v) is 4.58. The van der Waals surface area contributed by atoms with Gasteiger partial charge in [0.05, 0.1) is 23.1 Å². The van der Waals surface area contributed by atoms with E-state index in [1.807, 2.05) is 4.72 Å². The summed E-state index contributed by atoms with van der Waals surface area (Å²) in [4.78, 5) is 10.4. The van der Waals surface area contributed by atoms with Crippen molar-refractivity contribution in [3.8, 4) is 6.07 Å². The maximum atomic E-state index is 11.5. The zero-order valence-corrected chi connectivity index (χ0v) is 8.86. The standard InChI is InChI=1S/C9H8N2O4S/c10-4-5-11-16(14,15)8-3-1-2-7(6-8)9(12)13/h1-3,6,11H,5H2,(H,12,13). The summed E-state index contributed by atoms with van der Waals surface area (Å²) in [7, 11) is -3.81. The quantitative estimate of drug-likeness (QED) is 0.730. The highest BCUT2D eigenvalue weighted by Crippen LogP contribution is 2.11. The number of hydrogen-bond donors (Lipinski definition) is 2. The van der Waals surface area contributed by atoms with Crippen LogP contribution in [-0.4, -0.2) is 26.0 Å². The predicted molar refractivity (Wildman–Crippen MR) is 54.2 cm³/mol. The molecule has 0 radical (unpaired) electrons. The molecule has 1 aromatic carbocycles. The first kappa shape index (κ1) is 12.2. The highest BCUT2D eigenvalue weighted by molar-refractivity contribution is 7.89. The number of aromatic carboxylic acids is 1. The summed E-state index contributed by atoms with van der Waals surface area (Å²) in [5.74, 6) is -1.21. The average molecular weight is 240 g/mol. The van der Waals surface area contributed by atoms with E-state index in [0.717, 1.165) is 6.07 Å². The Bertz CT molecular complexity index is 545. The van der Waals surface area contributed by atoms with Crippen LogP contribution in [0.15, 0.2) is 29.2 Å². The van der Waals surface area contributed by atoms with Gasteiger partial charge in [0.15, 0.2) is 0 Å². The molecule has 0 aliphatic heterocycles. The Morgan fingerprint density at radius 2 is 2.19 bits per heavy atom. The van der Waals surface area contributed by atoms with Crippen molar-refractivity contribution in [2.24, 2.45) is 0 Å². The van der Waals surface area contributed by atoms with E-state index in [4.69, 9.17) is 10.4 Å². The molecule has 0 saturated carbocycles. The minimum Gasteiger partial charge on any atom is -0.478 e. The van der Waals surface area contributed by atoms with E-state index < -0.39 is 16.0 Å². The molecule has 1 aromatic rings. The molecule has 1 rings (SSSR count). The van der Waals surface area contributed by atoms with Crippen molar-refractivity contribution in [3.63, 3.8) is 0 Å². The molecule has 0 spiro atoms. The van der Waals surface area contributed by atoms with E-state index in [-0.39, 0.29) is 17.0 Å². The molecule has 84 valence electrons. The number of benzene rings is 1. The van der Waals surface area contributed by atoms with E-state index in [1.165, 1.54) is 18.2 Å². The molecule has 16 heavy (non-hydrogen) atoms. The Morgan fingerprint density at radius 3 is 2.75 bits per heavy atom. The molecule has 0 aromatic heterocycles. The van der Waals surface area contributed by atoms with Crippen molar-refractivity contribution in [3.05, 3.63) is 29.8 Å². The van der Waals surface area contributed by atoms with Crippen LogP contribution in [0.4, 0.5) is 0 Å². The molecular formula is C9H8N2O4S.